The average Bonchev–Trinajstić information content (AvgIpc) is 2.87. The number of nitrogen functional groups attached to an aromatic ring is 1. The Balaban J connectivity index is 1.85. The smallest absolute Gasteiger partial charge is 0.338 e. The molecule has 3 N–H and O–H groups in total. The predicted molar refractivity (Wildman–Crippen MR) is 77.3 cm³/mol. The number of benzene rings is 1. The van der Waals surface area contributed by atoms with Crippen LogP contribution in [0.4, 0.5) is 10.5 Å². The minimum atomic E-state index is -0.468. The third kappa shape index (κ3) is 3.77. The molecule has 1 aliphatic heterocycles. The molecule has 0 aliphatic carbocycles. The van der Waals surface area contributed by atoms with E-state index in [1.54, 1.807) is 17.0 Å². The normalized spacial score (nSPS) is 14.0. The maximum Gasteiger partial charge on any atom is 0.338 e. The number of ether oxygens (including phenoxy) is 2. The topological polar surface area (TPSA) is 93.9 Å². The van der Waals surface area contributed by atoms with Gasteiger partial charge < -0.3 is 25.4 Å². The SMILES string of the molecule is CCOc1ccc(C(=O)OCCN2CCNC2=O)cc1N. The molecule has 1 heterocycles. The summed E-state index contributed by atoms with van der Waals surface area (Å²) >= 11 is 0. The van der Waals surface area contributed by atoms with Crippen molar-refractivity contribution in [3.8, 4) is 5.75 Å². The fourth-order valence-electron chi connectivity index (χ4n) is 2.02. The van der Waals surface area contributed by atoms with Gasteiger partial charge in [0.25, 0.3) is 0 Å². The van der Waals surface area contributed by atoms with E-state index in [-0.39, 0.29) is 12.6 Å². The lowest BCUT2D eigenvalue weighted by atomic mass is 10.2. The maximum absolute atomic E-state index is 11.9. The summed E-state index contributed by atoms with van der Waals surface area (Å²) in [7, 11) is 0. The molecule has 1 aromatic carbocycles. The van der Waals surface area contributed by atoms with E-state index in [4.69, 9.17) is 15.2 Å². The summed E-state index contributed by atoms with van der Waals surface area (Å²) in [5, 5.41) is 2.68. The van der Waals surface area contributed by atoms with Gasteiger partial charge in [-0.2, -0.15) is 0 Å². The number of carbonyl (C=O) groups excluding carboxylic acids is 2. The summed E-state index contributed by atoms with van der Waals surface area (Å²) in [6.07, 6.45) is 0. The van der Waals surface area contributed by atoms with Gasteiger partial charge in [0.05, 0.1) is 24.4 Å². The lowest BCUT2D eigenvalue weighted by Crippen LogP contribution is -2.31. The number of esters is 1. The monoisotopic (exact) mass is 293 g/mol. The molecular weight excluding hydrogens is 274 g/mol. The summed E-state index contributed by atoms with van der Waals surface area (Å²) in [6.45, 7) is 4.15. The van der Waals surface area contributed by atoms with Gasteiger partial charge in [-0.25, -0.2) is 9.59 Å². The van der Waals surface area contributed by atoms with Crippen molar-refractivity contribution in [3.63, 3.8) is 0 Å². The molecule has 0 radical (unpaired) electrons. The van der Waals surface area contributed by atoms with E-state index in [0.717, 1.165) is 0 Å². The summed E-state index contributed by atoms with van der Waals surface area (Å²) in [6, 6.07) is 4.64. The molecule has 1 aromatic rings. The zero-order valence-electron chi connectivity index (χ0n) is 11.9. The van der Waals surface area contributed by atoms with Crippen molar-refractivity contribution in [1.29, 1.82) is 0 Å². The number of anilines is 1. The van der Waals surface area contributed by atoms with Crippen molar-refractivity contribution in [2.24, 2.45) is 0 Å². The molecule has 1 fully saturated rings. The number of carbonyl (C=O) groups is 2. The van der Waals surface area contributed by atoms with E-state index in [1.807, 2.05) is 6.92 Å². The average molecular weight is 293 g/mol. The number of nitrogens with zero attached hydrogens (tertiary/aromatic N) is 1. The van der Waals surface area contributed by atoms with Crippen LogP contribution in [0.1, 0.15) is 17.3 Å². The van der Waals surface area contributed by atoms with Gasteiger partial charge in [-0.15, -0.1) is 0 Å². The Morgan fingerprint density at radius 2 is 2.29 bits per heavy atom. The number of hydrogen-bond donors (Lipinski definition) is 2. The molecule has 2 amide bonds. The lowest BCUT2D eigenvalue weighted by Gasteiger charge is -2.14. The summed E-state index contributed by atoms with van der Waals surface area (Å²) in [4.78, 5) is 24.8. The van der Waals surface area contributed by atoms with E-state index >= 15 is 0 Å². The van der Waals surface area contributed by atoms with Gasteiger partial charge in [-0.05, 0) is 25.1 Å². The highest BCUT2D eigenvalue weighted by Crippen LogP contribution is 2.22. The molecule has 7 nitrogen and oxygen atoms in total. The van der Waals surface area contributed by atoms with Gasteiger partial charge in [0.1, 0.15) is 12.4 Å². The molecule has 21 heavy (non-hydrogen) atoms. The van der Waals surface area contributed by atoms with E-state index in [1.165, 1.54) is 6.07 Å². The largest absolute Gasteiger partial charge is 0.492 e. The second-order valence-corrected chi connectivity index (χ2v) is 4.54. The van der Waals surface area contributed by atoms with Crippen LogP contribution in [0.25, 0.3) is 0 Å². The molecule has 0 unspecified atom stereocenters. The maximum atomic E-state index is 11.9. The molecule has 0 saturated carbocycles. The first-order chi connectivity index (χ1) is 10.1. The highest BCUT2D eigenvalue weighted by molar-refractivity contribution is 5.91. The molecule has 1 saturated heterocycles. The molecule has 0 spiro atoms. The summed E-state index contributed by atoms with van der Waals surface area (Å²) in [5.41, 5.74) is 6.55. The number of amides is 2. The fraction of sp³-hybridized carbons (Fsp3) is 0.429. The lowest BCUT2D eigenvalue weighted by molar-refractivity contribution is 0.0481. The van der Waals surface area contributed by atoms with Crippen LogP contribution in [-0.2, 0) is 4.74 Å². The predicted octanol–water partition coefficient (Wildman–Crippen LogP) is 0.850. The van der Waals surface area contributed by atoms with Gasteiger partial charge in [-0.3, -0.25) is 0 Å². The van der Waals surface area contributed by atoms with E-state index < -0.39 is 5.97 Å². The number of nitrogens with two attached hydrogens (primary N) is 1. The first kappa shape index (κ1) is 15.0. The molecule has 7 heteroatoms. The van der Waals surface area contributed by atoms with Crippen LogP contribution in [0.15, 0.2) is 18.2 Å². The minimum Gasteiger partial charge on any atom is -0.492 e. The molecule has 0 bridgehead atoms. The number of hydrogen-bond acceptors (Lipinski definition) is 5. The van der Waals surface area contributed by atoms with Crippen molar-refractivity contribution >= 4 is 17.7 Å². The van der Waals surface area contributed by atoms with Crippen LogP contribution < -0.4 is 15.8 Å². The van der Waals surface area contributed by atoms with Crippen molar-refractivity contribution in [2.45, 2.75) is 6.92 Å². The van der Waals surface area contributed by atoms with Crippen molar-refractivity contribution in [3.05, 3.63) is 23.8 Å². The minimum absolute atomic E-state index is 0.128. The molecule has 0 aromatic heterocycles. The van der Waals surface area contributed by atoms with E-state index in [9.17, 15) is 9.59 Å². The third-order valence-electron chi connectivity index (χ3n) is 3.08. The van der Waals surface area contributed by atoms with Crippen LogP contribution in [0.2, 0.25) is 0 Å². The standard InChI is InChI=1S/C14H19N3O4/c1-2-20-12-4-3-10(9-11(12)15)13(18)21-8-7-17-6-5-16-14(17)19/h3-4,9H,2,5-8,15H2,1H3,(H,16,19). The highest BCUT2D eigenvalue weighted by Gasteiger charge is 2.19. The Hall–Kier alpha value is -2.44. The van der Waals surface area contributed by atoms with Crippen LogP contribution >= 0.6 is 0 Å². The van der Waals surface area contributed by atoms with Crippen molar-refractivity contribution in [2.75, 3.05) is 38.6 Å². The van der Waals surface area contributed by atoms with E-state index in [0.29, 0.717) is 43.2 Å². The number of nitrogens with one attached hydrogen (secondary N) is 1. The van der Waals surface area contributed by atoms with Crippen molar-refractivity contribution in [1.82, 2.24) is 10.2 Å². The Morgan fingerprint density at radius 1 is 1.48 bits per heavy atom. The van der Waals surface area contributed by atoms with Crippen LogP contribution in [0, 0.1) is 0 Å². The number of urea groups is 1. The first-order valence-electron chi connectivity index (χ1n) is 6.84. The summed E-state index contributed by atoms with van der Waals surface area (Å²) in [5.74, 6) is 0.0761. The molecular formula is C14H19N3O4. The number of rotatable bonds is 6. The Morgan fingerprint density at radius 3 is 2.90 bits per heavy atom. The first-order valence-corrected chi connectivity index (χ1v) is 6.84. The van der Waals surface area contributed by atoms with Gasteiger partial charge >= 0.3 is 12.0 Å². The van der Waals surface area contributed by atoms with E-state index in [2.05, 4.69) is 5.32 Å². The Kier molecular flexibility index (Phi) is 4.86. The van der Waals surface area contributed by atoms with Crippen LogP contribution in [0.5, 0.6) is 5.75 Å². The van der Waals surface area contributed by atoms with Crippen LogP contribution in [0.3, 0.4) is 0 Å². The van der Waals surface area contributed by atoms with Gasteiger partial charge in [0.2, 0.25) is 0 Å². The fourth-order valence-corrected chi connectivity index (χ4v) is 2.02. The van der Waals surface area contributed by atoms with Gasteiger partial charge in [-0.1, -0.05) is 0 Å². The second kappa shape index (κ2) is 6.83. The zero-order valence-corrected chi connectivity index (χ0v) is 11.9. The third-order valence-corrected chi connectivity index (χ3v) is 3.08. The second-order valence-electron chi connectivity index (χ2n) is 4.54. The zero-order chi connectivity index (χ0) is 15.2. The van der Waals surface area contributed by atoms with Crippen LogP contribution in [-0.4, -0.2) is 49.7 Å². The Bertz CT molecular complexity index is 533. The Labute approximate surface area is 123 Å². The molecule has 114 valence electrons. The van der Waals surface area contributed by atoms with Gasteiger partial charge in [0.15, 0.2) is 0 Å². The molecule has 2 rings (SSSR count). The quantitative estimate of drug-likeness (QED) is 0.599. The van der Waals surface area contributed by atoms with Gasteiger partial charge in [0, 0.05) is 13.1 Å². The molecule has 1 aliphatic rings. The highest BCUT2D eigenvalue weighted by atomic mass is 16.5. The summed E-state index contributed by atoms with van der Waals surface area (Å²) < 4.78 is 10.4. The van der Waals surface area contributed by atoms with Crippen molar-refractivity contribution < 1.29 is 19.1 Å². The molecule has 0 atom stereocenters.